The molecule has 0 atom stereocenters. The highest BCUT2D eigenvalue weighted by atomic mass is 16.5. The van der Waals surface area contributed by atoms with Gasteiger partial charge in [0.1, 0.15) is 5.75 Å². The number of hydrazine groups is 1. The standard InChI is InChI=1S/C14H22N2O2/c1-2-9-18-14-5-3-13(4-6-14)12-15-16-7-10-17-11-8-16/h3-6,15H,2,7-12H2,1H3. The summed E-state index contributed by atoms with van der Waals surface area (Å²) in [4.78, 5) is 0. The minimum atomic E-state index is 0.783. The van der Waals surface area contributed by atoms with Crippen LogP contribution >= 0.6 is 0 Å². The molecule has 0 aliphatic carbocycles. The van der Waals surface area contributed by atoms with Crippen LogP contribution in [0.1, 0.15) is 18.9 Å². The van der Waals surface area contributed by atoms with Crippen molar-refractivity contribution in [2.24, 2.45) is 0 Å². The summed E-state index contributed by atoms with van der Waals surface area (Å²) in [5, 5.41) is 2.21. The van der Waals surface area contributed by atoms with Crippen molar-refractivity contribution in [2.75, 3.05) is 32.9 Å². The molecule has 1 aromatic rings. The van der Waals surface area contributed by atoms with Gasteiger partial charge in [-0.25, -0.2) is 5.01 Å². The van der Waals surface area contributed by atoms with Gasteiger partial charge in [0.05, 0.1) is 19.8 Å². The summed E-state index contributed by atoms with van der Waals surface area (Å²) in [6.45, 7) is 7.29. The topological polar surface area (TPSA) is 33.7 Å². The minimum Gasteiger partial charge on any atom is -0.494 e. The highest BCUT2D eigenvalue weighted by Gasteiger charge is 2.08. The summed E-state index contributed by atoms with van der Waals surface area (Å²) in [6.07, 6.45) is 1.04. The molecule has 0 spiro atoms. The fraction of sp³-hybridized carbons (Fsp3) is 0.571. The van der Waals surface area contributed by atoms with Crippen molar-refractivity contribution in [3.8, 4) is 5.75 Å². The molecule has 0 radical (unpaired) electrons. The minimum absolute atomic E-state index is 0.783. The van der Waals surface area contributed by atoms with Crippen molar-refractivity contribution in [1.29, 1.82) is 0 Å². The molecule has 0 bridgehead atoms. The molecule has 1 aliphatic heterocycles. The van der Waals surface area contributed by atoms with Crippen molar-refractivity contribution in [3.63, 3.8) is 0 Å². The van der Waals surface area contributed by atoms with E-state index in [1.54, 1.807) is 0 Å². The Kier molecular flexibility index (Phi) is 5.45. The molecule has 0 aromatic heterocycles. The molecule has 0 amide bonds. The first-order valence-electron chi connectivity index (χ1n) is 6.66. The van der Waals surface area contributed by atoms with Gasteiger partial charge in [0.15, 0.2) is 0 Å². The van der Waals surface area contributed by atoms with Crippen LogP contribution in [0.5, 0.6) is 5.75 Å². The molecule has 4 nitrogen and oxygen atoms in total. The predicted molar refractivity (Wildman–Crippen MR) is 71.5 cm³/mol. The van der Waals surface area contributed by atoms with E-state index in [0.29, 0.717) is 0 Å². The number of hydrogen-bond acceptors (Lipinski definition) is 4. The zero-order chi connectivity index (χ0) is 12.6. The Morgan fingerprint density at radius 1 is 1.22 bits per heavy atom. The Hall–Kier alpha value is -1.10. The van der Waals surface area contributed by atoms with Gasteiger partial charge in [0.25, 0.3) is 0 Å². The van der Waals surface area contributed by atoms with E-state index in [4.69, 9.17) is 9.47 Å². The summed E-state index contributed by atoms with van der Waals surface area (Å²) >= 11 is 0. The molecule has 0 unspecified atom stereocenters. The van der Waals surface area contributed by atoms with E-state index >= 15 is 0 Å². The van der Waals surface area contributed by atoms with Crippen LogP contribution in [0.4, 0.5) is 0 Å². The number of rotatable bonds is 6. The first-order valence-corrected chi connectivity index (χ1v) is 6.66. The summed E-state index contributed by atoms with van der Waals surface area (Å²) in [7, 11) is 0. The predicted octanol–water partition coefficient (Wildman–Crippen LogP) is 1.81. The van der Waals surface area contributed by atoms with Crippen LogP contribution in [0.2, 0.25) is 0 Å². The monoisotopic (exact) mass is 250 g/mol. The second-order valence-electron chi connectivity index (χ2n) is 4.43. The third-order valence-electron chi connectivity index (χ3n) is 2.91. The number of benzene rings is 1. The number of morpholine rings is 1. The van der Waals surface area contributed by atoms with Gasteiger partial charge in [0, 0.05) is 19.6 Å². The highest BCUT2D eigenvalue weighted by molar-refractivity contribution is 5.27. The van der Waals surface area contributed by atoms with Crippen molar-refractivity contribution in [1.82, 2.24) is 10.4 Å². The van der Waals surface area contributed by atoms with Gasteiger partial charge >= 0.3 is 0 Å². The van der Waals surface area contributed by atoms with Gasteiger partial charge < -0.3 is 9.47 Å². The molecule has 1 aromatic carbocycles. The molecule has 1 fully saturated rings. The van der Waals surface area contributed by atoms with Crippen LogP contribution in [-0.4, -0.2) is 37.9 Å². The first-order chi connectivity index (χ1) is 8.88. The summed E-state index contributed by atoms with van der Waals surface area (Å²) in [5.74, 6) is 0.951. The van der Waals surface area contributed by atoms with E-state index in [1.807, 2.05) is 12.1 Å². The summed E-state index contributed by atoms with van der Waals surface area (Å²) in [6, 6.07) is 8.29. The van der Waals surface area contributed by atoms with Crippen molar-refractivity contribution < 1.29 is 9.47 Å². The summed E-state index contributed by atoms with van der Waals surface area (Å²) < 4.78 is 10.9. The molecular formula is C14H22N2O2. The number of hydrogen-bond donors (Lipinski definition) is 1. The number of nitrogens with zero attached hydrogens (tertiary/aromatic N) is 1. The van der Waals surface area contributed by atoms with E-state index in [0.717, 1.165) is 51.6 Å². The van der Waals surface area contributed by atoms with Gasteiger partial charge in [-0.05, 0) is 24.1 Å². The Balaban J connectivity index is 1.75. The second-order valence-corrected chi connectivity index (χ2v) is 4.43. The highest BCUT2D eigenvalue weighted by Crippen LogP contribution is 2.12. The quantitative estimate of drug-likeness (QED) is 0.835. The molecule has 2 rings (SSSR count). The maximum absolute atomic E-state index is 5.56. The molecule has 1 heterocycles. The van der Waals surface area contributed by atoms with Gasteiger partial charge in [-0.1, -0.05) is 19.1 Å². The Morgan fingerprint density at radius 3 is 2.61 bits per heavy atom. The smallest absolute Gasteiger partial charge is 0.119 e. The molecule has 1 saturated heterocycles. The maximum atomic E-state index is 5.56. The first kappa shape index (κ1) is 13.3. The van der Waals surface area contributed by atoms with Crippen LogP contribution in [0.25, 0.3) is 0 Å². The van der Waals surface area contributed by atoms with E-state index in [2.05, 4.69) is 29.5 Å². The SMILES string of the molecule is CCCOc1ccc(CNN2CCOCC2)cc1. The molecule has 100 valence electrons. The van der Waals surface area contributed by atoms with Crippen molar-refractivity contribution in [2.45, 2.75) is 19.9 Å². The van der Waals surface area contributed by atoms with E-state index in [1.165, 1.54) is 5.56 Å². The lowest BCUT2D eigenvalue weighted by atomic mass is 10.2. The van der Waals surface area contributed by atoms with Crippen LogP contribution in [0.3, 0.4) is 0 Å². The van der Waals surface area contributed by atoms with Crippen molar-refractivity contribution >= 4 is 0 Å². The molecular weight excluding hydrogens is 228 g/mol. The third-order valence-corrected chi connectivity index (χ3v) is 2.91. The second kappa shape index (κ2) is 7.36. The average molecular weight is 250 g/mol. The Morgan fingerprint density at radius 2 is 1.94 bits per heavy atom. The lowest BCUT2D eigenvalue weighted by Crippen LogP contribution is -2.45. The molecule has 1 aliphatic rings. The van der Waals surface area contributed by atoms with Crippen LogP contribution in [0.15, 0.2) is 24.3 Å². The van der Waals surface area contributed by atoms with Crippen LogP contribution in [-0.2, 0) is 11.3 Å². The molecule has 4 heteroatoms. The van der Waals surface area contributed by atoms with Crippen LogP contribution in [0, 0.1) is 0 Å². The lowest BCUT2D eigenvalue weighted by Gasteiger charge is -2.27. The maximum Gasteiger partial charge on any atom is 0.119 e. The average Bonchev–Trinajstić information content (AvgIpc) is 2.45. The zero-order valence-corrected chi connectivity index (χ0v) is 11.0. The zero-order valence-electron chi connectivity index (χ0n) is 11.0. The normalized spacial score (nSPS) is 16.7. The number of ether oxygens (including phenoxy) is 2. The molecule has 1 N–H and O–H groups in total. The van der Waals surface area contributed by atoms with Crippen LogP contribution < -0.4 is 10.2 Å². The summed E-state index contributed by atoms with van der Waals surface area (Å²) in [5.41, 5.74) is 4.68. The largest absolute Gasteiger partial charge is 0.494 e. The molecule has 0 saturated carbocycles. The Bertz CT molecular complexity index is 334. The van der Waals surface area contributed by atoms with Gasteiger partial charge in [-0.2, -0.15) is 0 Å². The third kappa shape index (κ3) is 4.29. The fourth-order valence-corrected chi connectivity index (χ4v) is 1.85. The molecule has 18 heavy (non-hydrogen) atoms. The van der Waals surface area contributed by atoms with E-state index in [-0.39, 0.29) is 0 Å². The van der Waals surface area contributed by atoms with Gasteiger partial charge in [-0.15, -0.1) is 0 Å². The van der Waals surface area contributed by atoms with Gasteiger partial charge in [-0.3, -0.25) is 5.43 Å². The van der Waals surface area contributed by atoms with Crippen molar-refractivity contribution in [3.05, 3.63) is 29.8 Å². The van der Waals surface area contributed by atoms with E-state index < -0.39 is 0 Å². The van der Waals surface area contributed by atoms with E-state index in [9.17, 15) is 0 Å². The number of nitrogens with one attached hydrogen (secondary N) is 1. The lowest BCUT2D eigenvalue weighted by molar-refractivity contribution is 0.0106. The fourth-order valence-electron chi connectivity index (χ4n) is 1.85. The van der Waals surface area contributed by atoms with Gasteiger partial charge in [0.2, 0.25) is 0 Å². The Labute approximate surface area is 109 Å².